The van der Waals surface area contributed by atoms with E-state index in [1.165, 1.54) is 0 Å². The zero-order valence-corrected chi connectivity index (χ0v) is 18.6. The molecule has 0 heterocycles. The van der Waals surface area contributed by atoms with Crippen molar-refractivity contribution in [3.63, 3.8) is 0 Å². The van der Waals surface area contributed by atoms with Crippen molar-refractivity contribution in [2.45, 2.75) is 12.8 Å². The van der Waals surface area contributed by atoms with Gasteiger partial charge in [0.1, 0.15) is 5.75 Å². The Kier molecular flexibility index (Phi) is 8.57. The van der Waals surface area contributed by atoms with Gasteiger partial charge >= 0.3 is 17.9 Å². The van der Waals surface area contributed by atoms with Crippen LogP contribution in [0, 0.1) is 0 Å². The summed E-state index contributed by atoms with van der Waals surface area (Å²) in [6.07, 6.45) is 2.29. The van der Waals surface area contributed by atoms with E-state index in [1.54, 1.807) is 48.5 Å². The lowest BCUT2D eigenvalue weighted by Gasteiger charge is -2.08. The molecule has 0 aromatic heterocycles. The molecule has 0 saturated heterocycles. The Morgan fingerprint density at radius 3 is 1.79 bits per heavy atom. The summed E-state index contributed by atoms with van der Waals surface area (Å²) < 4.78 is 15.5. The molecule has 0 aliphatic rings. The summed E-state index contributed by atoms with van der Waals surface area (Å²) in [4.78, 5) is 35.3. The fraction of sp³-hybridized carbons (Fsp3) is 0.148. The molecule has 7 nitrogen and oxygen atoms in total. The Hall–Kier alpha value is -4.39. The highest BCUT2D eigenvalue weighted by molar-refractivity contribution is 5.91. The van der Waals surface area contributed by atoms with Gasteiger partial charge in [0.05, 0.1) is 24.3 Å². The van der Waals surface area contributed by atoms with Gasteiger partial charge in [-0.15, -0.1) is 0 Å². The normalized spacial score (nSPS) is 10.2. The molecule has 0 atom stereocenters. The van der Waals surface area contributed by atoms with Gasteiger partial charge < -0.3 is 19.9 Å². The van der Waals surface area contributed by atoms with E-state index in [9.17, 15) is 14.4 Å². The molecule has 3 aromatic carbocycles. The number of unbranched alkanes of at least 4 members (excludes halogenated alkanes) is 1. The predicted molar refractivity (Wildman–Crippen MR) is 128 cm³/mol. The minimum atomic E-state index is -0.467. The lowest BCUT2D eigenvalue weighted by Crippen LogP contribution is -2.08. The summed E-state index contributed by atoms with van der Waals surface area (Å²) in [6, 6.07) is 20.6. The number of ether oxygens (including phenoxy) is 3. The first-order chi connectivity index (χ1) is 16.5. The number of esters is 3. The van der Waals surface area contributed by atoms with Gasteiger partial charge in [-0.1, -0.05) is 30.8 Å². The summed E-state index contributed by atoms with van der Waals surface area (Å²) in [5.41, 5.74) is 8.86. The van der Waals surface area contributed by atoms with Crippen LogP contribution < -0.4 is 10.5 Å². The highest BCUT2D eigenvalue weighted by atomic mass is 16.5. The summed E-state index contributed by atoms with van der Waals surface area (Å²) in [7, 11) is 0. The standard InChI is InChI=1S/C27H25NO6/c1-2-25(29)32-17-3-4-18-33-26(30)21-7-5-19(6-8-21)20-11-15-24(16-12-20)34-27(31)22-9-13-23(28)14-10-22/h2,5-16H,1,3-4,17-18,28H2. The van der Waals surface area contributed by atoms with Gasteiger partial charge in [-0.3, -0.25) is 0 Å². The van der Waals surface area contributed by atoms with Crippen LogP contribution in [0.15, 0.2) is 85.5 Å². The third kappa shape index (κ3) is 7.06. The van der Waals surface area contributed by atoms with E-state index >= 15 is 0 Å². The number of rotatable bonds is 10. The van der Waals surface area contributed by atoms with Crippen molar-refractivity contribution in [2.24, 2.45) is 0 Å². The molecule has 0 aliphatic heterocycles. The van der Waals surface area contributed by atoms with Gasteiger partial charge in [0, 0.05) is 11.8 Å². The zero-order chi connectivity index (χ0) is 24.3. The molecule has 7 heteroatoms. The number of anilines is 1. The average molecular weight is 459 g/mol. The fourth-order valence-corrected chi connectivity index (χ4v) is 2.98. The highest BCUT2D eigenvalue weighted by Crippen LogP contribution is 2.24. The maximum atomic E-state index is 12.2. The van der Waals surface area contributed by atoms with Gasteiger partial charge in [-0.25, -0.2) is 14.4 Å². The Morgan fingerprint density at radius 2 is 1.21 bits per heavy atom. The van der Waals surface area contributed by atoms with E-state index < -0.39 is 17.9 Å². The maximum Gasteiger partial charge on any atom is 0.343 e. The summed E-state index contributed by atoms with van der Waals surface area (Å²) in [6.45, 7) is 3.82. The van der Waals surface area contributed by atoms with Crippen LogP contribution in [0.1, 0.15) is 33.6 Å². The molecule has 174 valence electrons. The molecular formula is C27H25NO6. The lowest BCUT2D eigenvalue weighted by atomic mass is 10.0. The number of hydrogen-bond donors (Lipinski definition) is 1. The van der Waals surface area contributed by atoms with Gasteiger partial charge in [0.25, 0.3) is 0 Å². The van der Waals surface area contributed by atoms with Gasteiger partial charge in [-0.05, 0) is 72.5 Å². The second-order valence-corrected chi connectivity index (χ2v) is 7.33. The minimum Gasteiger partial charge on any atom is -0.463 e. The Bertz CT molecular complexity index is 1140. The van der Waals surface area contributed by atoms with Gasteiger partial charge in [0.2, 0.25) is 0 Å². The van der Waals surface area contributed by atoms with Crippen molar-refractivity contribution in [3.8, 4) is 16.9 Å². The smallest absolute Gasteiger partial charge is 0.343 e. The number of hydrogen-bond acceptors (Lipinski definition) is 7. The van der Waals surface area contributed by atoms with Crippen molar-refractivity contribution in [2.75, 3.05) is 18.9 Å². The van der Waals surface area contributed by atoms with E-state index in [1.807, 2.05) is 24.3 Å². The minimum absolute atomic E-state index is 0.239. The molecule has 2 N–H and O–H groups in total. The molecule has 0 radical (unpaired) electrons. The fourth-order valence-electron chi connectivity index (χ4n) is 2.98. The third-order valence-corrected chi connectivity index (χ3v) is 4.85. The zero-order valence-electron chi connectivity index (χ0n) is 18.6. The molecule has 3 aromatic rings. The number of carbonyl (C=O) groups is 3. The molecule has 0 spiro atoms. The van der Waals surface area contributed by atoms with Crippen molar-refractivity contribution < 1.29 is 28.6 Å². The quantitative estimate of drug-likeness (QED) is 0.152. The van der Waals surface area contributed by atoms with Crippen molar-refractivity contribution in [1.82, 2.24) is 0 Å². The van der Waals surface area contributed by atoms with Gasteiger partial charge in [-0.2, -0.15) is 0 Å². The second-order valence-electron chi connectivity index (χ2n) is 7.33. The van der Waals surface area contributed by atoms with E-state index in [4.69, 9.17) is 19.9 Å². The molecular weight excluding hydrogens is 434 g/mol. The van der Waals surface area contributed by atoms with Crippen LogP contribution in [0.2, 0.25) is 0 Å². The number of nitrogen functional groups attached to an aromatic ring is 1. The second kappa shape index (κ2) is 12.0. The van der Waals surface area contributed by atoms with Crippen molar-refractivity contribution >= 4 is 23.6 Å². The van der Waals surface area contributed by atoms with Crippen LogP contribution in [0.5, 0.6) is 5.75 Å². The largest absolute Gasteiger partial charge is 0.463 e. The monoisotopic (exact) mass is 459 g/mol. The first-order valence-electron chi connectivity index (χ1n) is 10.7. The summed E-state index contributed by atoms with van der Waals surface area (Å²) in [5.74, 6) is -0.927. The van der Waals surface area contributed by atoms with E-state index in [0.29, 0.717) is 35.4 Å². The summed E-state index contributed by atoms with van der Waals surface area (Å²) in [5, 5.41) is 0. The van der Waals surface area contributed by atoms with Crippen LogP contribution in [0.25, 0.3) is 11.1 Å². The highest BCUT2D eigenvalue weighted by Gasteiger charge is 2.10. The Labute approximate surface area is 197 Å². The van der Waals surface area contributed by atoms with E-state index in [0.717, 1.165) is 17.2 Å². The average Bonchev–Trinajstić information content (AvgIpc) is 2.86. The molecule has 0 aliphatic carbocycles. The Morgan fingerprint density at radius 1 is 0.706 bits per heavy atom. The van der Waals surface area contributed by atoms with Crippen LogP contribution in [-0.4, -0.2) is 31.1 Å². The molecule has 0 bridgehead atoms. The molecule has 0 unspecified atom stereocenters. The third-order valence-electron chi connectivity index (χ3n) is 4.85. The molecule has 0 fully saturated rings. The maximum absolute atomic E-state index is 12.2. The molecule has 0 amide bonds. The van der Waals surface area contributed by atoms with Crippen LogP contribution in [0.4, 0.5) is 5.69 Å². The van der Waals surface area contributed by atoms with Crippen molar-refractivity contribution in [1.29, 1.82) is 0 Å². The first kappa shape index (κ1) is 24.3. The summed E-state index contributed by atoms with van der Waals surface area (Å²) >= 11 is 0. The molecule has 34 heavy (non-hydrogen) atoms. The lowest BCUT2D eigenvalue weighted by molar-refractivity contribution is -0.137. The first-order valence-corrected chi connectivity index (χ1v) is 10.7. The topological polar surface area (TPSA) is 105 Å². The SMILES string of the molecule is C=CC(=O)OCCCCOC(=O)c1ccc(-c2ccc(OC(=O)c3ccc(N)cc3)cc2)cc1. The number of nitrogens with two attached hydrogens (primary N) is 1. The van der Waals surface area contributed by atoms with Gasteiger partial charge in [0.15, 0.2) is 0 Å². The van der Waals surface area contributed by atoms with E-state index in [-0.39, 0.29) is 13.2 Å². The number of benzene rings is 3. The number of carbonyl (C=O) groups excluding carboxylic acids is 3. The molecule has 3 rings (SSSR count). The Balaban J connectivity index is 1.48. The van der Waals surface area contributed by atoms with Crippen LogP contribution in [0.3, 0.4) is 0 Å². The van der Waals surface area contributed by atoms with Crippen molar-refractivity contribution in [3.05, 3.63) is 96.6 Å². The van der Waals surface area contributed by atoms with E-state index in [2.05, 4.69) is 6.58 Å². The molecule has 0 saturated carbocycles. The van der Waals surface area contributed by atoms with Crippen LogP contribution in [-0.2, 0) is 14.3 Å². The van der Waals surface area contributed by atoms with Crippen LogP contribution >= 0.6 is 0 Å². The predicted octanol–water partition coefficient (Wildman–Crippen LogP) is 4.82.